The summed E-state index contributed by atoms with van der Waals surface area (Å²) in [7, 11) is 1.59. The summed E-state index contributed by atoms with van der Waals surface area (Å²) in [5.74, 6) is 0.795. The molecule has 3 aromatic rings. The zero-order valence-corrected chi connectivity index (χ0v) is 16.9. The Balaban J connectivity index is 1.60. The van der Waals surface area contributed by atoms with Crippen molar-refractivity contribution in [2.75, 3.05) is 18.2 Å². The lowest BCUT2D eigenvalue weighted by Crippen LogP contribution is -2.14. The number of carbonyl (C=O) groups excluding carboxylic acids is 1. The monoisotopic (exact) mass is 443 g/mol. The number of anilines is 1. The van der Waals surface area contributed by atoms with Gasteiger partial charge in [-0.25, -0.2) is 0 Å². The largest absolute Gasteiger partial charge is 0.497 e. The Bertz CT molecular complexity index is 941. The number of benzene rings is 2. The third kappa shape index (κ3) is 5.07. The van der Waals surface area contributed by atoms with E-state index in [1.807, 2.05) is 0 Å². The third-order valence-corrected chi connectivity index (χ3v) is 4.97. The molecule has 1 N–H and O–H groups in total. The van der Waals surface area contributed by atoms with Crippen LogP contribution in [-0.2, 0) is 4.79 Å². The van der Waals surface area contributed by atoms with Gasteiger partial charge in [0.05, 0.1) is 28.6 Å². The molecule has 10 heteroatoms. The summed E-state index contributed by atoms with van der Waals surface area (Å²) in [6, 6.07) is 10.2. The van der Waals surface area contributed by atoms with E-state index >= 15 is 0 Å². The summed E-state index contributed by atoms with van der Waals surface area (Å²) in [6.45, 7) is 0. The number of rotatable bonds is 6. The second-order valence-corrected chi connectivity index (χ2v) is 7.36. The van der Waals surface area contributed by atoms with Crippen molar-refractivity contribution >= 4 is 58.2 Å². The molecule has 0 aliphatic heterocycles. The van der Waals surface area contributed by atoms with Crippen LogP contribution in [0.3, 0.4) is 0 Å². The molecule has 6 nitrogen and oxygen atoms in total. The van der Waals surface area contributed by atoms with Crippen molar-refractivity contribution in [2.45, 2.75) is 5.22 Å². The number of amides is 1. The Labute approximate surface area is 174 Å². The van der Waals surface area contributed by atoms with Crippen molar-refractivity contribution in [1.82, 2.24) is 10.2 Å². The zero-order chi connectivity index (χ0) is 19.4. The summed E-state index contributed by atoms with van der Waals surface area (Å²) < 4.78 is 10.7. The van der Waals surface area contributed by atoms with E-state index in [1.54, 1.807) is 31.4 Å². The number of halogens is 3. The van der Waals surface area contributed by atoms with Gasteiger partial charge >= 0.3 is 0 Å². The highest BCUT2D eigenvalue weighted by Crippen LogP contribution is 2.34. The molecule has 0 spiro atoms. The highest BCUT2D eigenvalue weighted by atomic mass is 35.5. The van der Waals surface area contributed by atoms with E-state index in [-0.39, 0.29) is 26.9 Å². The lowest BCUT2D eigenvalue weighted by atomic mass is 10.2. The molecule has 1 aromatic heterocycles. The first-order chi connectivity index (χ1) is 13.0. The van der Waals surface area contributed by atoms with Gasteiger partial charge in [0.1, 0.15) is 5.75 Å². The van der Waals surface area contributed by atoms with Crippen LogP contribution in [-0.4, -0.2) is 29.0 Å². The fourth-order valence-corrected chi connectivity index (χ4v) is 3.56. The fourth-order valence-electron chi connectivity index (χ4n) is 2.08. The van der Waals surface area contributed by atoms with Gasteiger partial charge in [0.2, 0.25) is 11.8 Å². The summed E-state index contributed by atoms with van der Waals surface area (Å²) >= 11 is 19.0. The molecule has 0 unspecified atom stereocenters. The maximum Gasteiger partial charge on any atom is 0.277 e. The number of carbonyl (C=O) groups is 1. The molecule has 0 saturated heterocycles. The number of thioether (sulfide) groups is 1. The van der Waals surface area contributed by atoms with Gasteiger partial charge in [-0.1, -0.05) is 46.6 Å². The minimum Gasteiger partial charge on any atom is -0.497 e. The standard InChI is InChI=1S/C17H12Cl3N3O3S/c1-25-11-4-2-9(3-5-11)16-22-23-17(26-16)27-8-14(24)21-15-12(19)6-10(18)7-13(15)20/h2-7H,8H2,1H3,(H,21,24). The van der Waals surface area contributed by atoms with Gasteiger partial charge in [-0.15, -0.1) is 10.2 Å². The van der Waals surface area contributed by atoms with Gasteiger partial charge in [0.25, 0.3) is 5.22 Å². The van der Waals surface area contributed by atoms with Crippen LogP contribution in [0.4, 0.5) is 5.69 Å². The van der Waals surface area contributed by atoms with Crippen LogP contribution in [0.25, 0.3) is 11.5 Å². The van der Waals surface area contributed by atoms with Crippen LogP contribution in [0, 0.1) is 0 Å². The van der Waals surface area contributed by atoms with Crippen LogP contribution in [0.1, 0.15) is 0 Å². The molecule has 1 heterocycles. The molecule has 3 rings (SSSR count). The molecule has 0 fully saturated rings. The molecular weight excluding hydrogens is 433 g/mol. The molecule has 0 saturated carbocycles. The van der Waals surface area contributed by atoms with Crippen molar-refractivity contribution < 1.29 is 13.9 Å². The lowest BCUT2D eigenvalue weighted by molar-refractivity contribution is -0.113. The first-order valence-corrected chi connectivity index (χ1v) is 9.63. The first kappa shape index (κ1) is 19.8. The van der Waals surface area contributed by atoms with Gasteiger partial charge in [0.15, 0.2) is 0 Å². The number of nitrogens with zero attached hydrogens (tertiary/aromatic N) is 2. The van der Waals surface area contributed by atoms with Crippen LogP contribution < -0.4 is 10.1 Å². The molecule has 0 radical (unpaired) electrons. The minimum absolute atomic E-state index is 0.0412. The molecule has 140 valence electrons. The van der Waals surface area contributed by atoms with E-state index in [4.69, 9.17) is 44.0 Å². The predicted octanol–water partition coefficient (Wildman–Crippen LogP) is 5.44. The molecule has 27 heavy (non-hydrogen) atoms. The van der Waals surface area contributed by atoms with Crippen molar-refractivity contribution in [2.24, 2.45) is 0 Å². The van der Waals surface area contributed by atoms with Crippen molar-refractivity contribution in [3.8, 4) is 17.2 Å². The lowest BCUT2D eigenvalue weighted by Gasteiger charge is -2.09. The van der Waals surface area contributed by atoms with E-state index < -0.39 is 0 Å². The SMILES string of the molecule is COc1ccc(-c2nnc(SCC(=O)Nc3c(Cl)cc(Cl)cc3Cl)o2)cc1. The van der Waals surface area contributed by atoms with Gasteiger partial charge < -0.3 is 14.5 Å². The number of nitrogens with one attached hydrogen (secondary N) is 1. The number of aromatic nitrogens is 2. The maximum absolute atomic E-state index is 12.1. The van der Waals surface area contributed by atoms with Gasteiger partial charge in [-0.3, -0.25) is 4.79 Å². The van der Waals surface area contributed by atoms with Gasteiger partial charge in [0, 0.05) is 10.6 Å². The third-order valence-electron chi connectivity index (χ3n) is 3.34. The van der Waals surface area contributed by atoms with E-state index in [0.29, 0.717) is 16.6 Å². The topological polar surface area (TPSA) is 77.2 Å². The van der Waals surface area contributed by atoms with Crippen LogP contribution in [0.15, 0.2) is 46.0 Å². The van der Waals surface area contributed by atoms with Crippen molar-refractivity contribution in [3.05, 3.63) is 51.5 Å². The fraction of sp³-hybridized carbons (Fsp3) is 0.118. The quantitative estimate of drug-likeness (QED) is 0.510. The minimum atomic E-state index is -0.324. The highest BCUT2D eigenvalue weighted by Gasteiger charge is 2.14. The Kier molecular flexibility index (Phi) is 6.49. The molecule has 0 aliphatic rings. The summed E-state index contributed by atoms with van der Waals surface area (Å²) in [4.78, 5) is 12.1. The smallest absolute Gasteiger partial charge is 0.277 e. The molecule has 0 atom stereocenters. The van der Waals surface area contributed by atoms with Crippen molar-refractivity contribution in [1.29, 1.82) is 0 Å². The first-order valence-electron chi connectivity index (χ1n) is 7.51. The van der Waals surface area contributed by atoms with Crippen LogP contribution in [0.2, 0.25) is 15.1 Å². The summed E-state index contributed by atoms with van der Waals surface area (Å²) in [6.07, 6.45) is 0. The number of methoxy groups -OCH3 is 1. The molecule has 1 amide bonds. The Hall–Kier alpha value is -1.93. The molecule has 0 aliphatic carbocycles. The van der Waals surface area contributed by atoms with E-state index in [2.05, 4.69) is 15.5 Å². The van der Waals surface area contributed by atoms with Crippen LogP contribution >= 0.6 is 46.6 Å². The van der Waals surface area contributed by atoms with Gasteiger partial charge in [-0.05, 0) is 36.4 Å². The number of hydrogen-bond donors (Lipinski definition) is 1. The second kappa shape index (κ2) is 8.84. The predicted molar refractivity (Wildman–Crippen MR) is 107 cm³/mol. The molecule has 0 bridgehead atoms. The zero-order valence-electron chi connectivity index (χ0n) is 13.8. The Morgan fingerprint density at radius 2 is 1.81 bits per heavy atom. The Morgan fingerprint density at radius 3 is 2.44 bits per heavy atom. The van der Waals surface area contributed by atoms with E-state index in [1.165, 1.54) is 12.1 Å². The van der Waals surface area contributed by atoms with Gasteiger partial charge in [-0.2, -0.15) is 0 Å². The maximum atomic E-state index is 12.1. The number of ether oxygens (including phenoxy) is 1. The average Bonchev–Trinajstić information content (AvgIpc) is 3.12. The molecule has 2 aromatic carbocycles. The average molecular weight is 445 g/mol. The van der Waals surface area contributed by atoms with E-state index in [0.717, 1.165) is 23.1 Å². The van der Waals surface area contributed by atoms with Crippen molar-refractivity contribution in [3.63, 3.8) is 0 Å². The summed E-state index contributed by atoms with van der Waals surface area (Å²) in [5, 5.41) is 11.7. The normalized spacial score (nSPS) is 10.7. The Morgan fingerprint density at radius 1 is 1.15 bits per heavy atom. The van der Waals surface area contributed by atoms with Crippen LogP contribution in [0.5, 0.6) is 5.75 Å². The second-order valence-electron chi connectivity index (χ2n) is 5.18. The highest BCUT2D eigenvalue weighted by molar-refractivity contribution is 7.99. The van der Waals surface area contributed by atoms with E-state index in [9.17, 15) is 4.79 Å². The number of hydrogen-bond acceptors (Lipinski definition) is 6. The molecular formula is C17H12Cl3N3O3S. The summed E-state index contributed by atoms with van der Waals surface area (Å²) in [5.41, 5.74) is 1.05.